The normalized spacial score (nSPS) is 18.2. The highest BCUT2D eigenvalue weighted by atomic mass is 32.2. The molecule has 0 bridgehead atoms. The van der Waals surface area contributed by atoms with E-state index in [0.29, 0.717) is 12.2 Å². The van der Waals surface area contributed by atoms with Crippen LogP contribution in [0.3, 0.4) is 0 Å². The monoisotopic (exact) mass is 388 g/mol. The molecular formula is C19H24N4O3S. The molecule has 3 rings (SSSR count). The van der Waals surface area contributed by atoms with Crippen LogP contribution in [0.5, 0.6) is 0 Å². The molecule has 2 aromatic rings. The molecule has 144 valence electrons. The van der Waals surface area contributed by atoms with Gasteiger partial charge in [-0.3, -0.25) is 4.79 Å². The Balaban J connectivity index is 1.70. The number of aromatic nitrogens is 2. The summed E-state index contributed by atoms with van der Waals surface area (Å²) in [7, 11) is -3.04. The van der Waals surface area contributed by atoms with Gasteiger partial charge in [0.05, 0.1) is 11.5 Å². The summed E-state index contributed by atoms with van der Waals surface area (Å²) in [5.41, 5.74) is 3.59. The Hall–Kier alpha value is -2.48. The van der Waals surface area contributed by atoms with Crippen molar-refractivity contribution in [1.82, 2.24) is 15.5 Å². The minimum atomic E-state index is -3.04. The summed E-state index contributed by atoms with van der Waals surface area (Å²) in [4.78, 5) is 12.3. The molecule has 2 heterocycles. The number of carbonyl (C=O) groups is 1. The molecule has 0 spiro atoms. The van der Waals surface area contributed by atoms with E-state index >= 15 is 0 Å². The molecule has 0 radical (unpaired) electrons. The largest absolute Gasteiger partial charge is 0.347 e. The molecule has 27 heavy (non-hydrogen) atoms. The lowest BCUT2D eigenvalue weighted by Crippen LogP contribution is -2.36. The number of hydrogen-bond acceptors (Lipinski definition) is 6. The molecule has 0 saturated carbocycles. The van der Waals surface area contributed by atoms with E-state index in [9.17, 15) is 13.2 Å². The number of sulfone groups is 1. The molecule has 1 fully saturated rings. The molecule has 1 atom stereocenters. The van der Waals surface area contributed by atoms with Crippen molar-refractivity contribution in [3.05, 3.63) is 47.2 Å². The molecular weight excluding hydrogens is 364 g/mol. The molecule has 8 heteroatoms. The zero-order valence-corrected chi connectivity index (χ0v) is 16.3. The number of carbonyl (C=O) groups excluding carboxylic acids is 1. The van der Waals surface area contributed by atoms with Crippen molar-refractivity contribution in [2.24, 2.45) is 0 Å². The Labute approximate surface area is 159 Å². The average molecular weight is 388 g/mol. The summed E-state index contributed by atoms with van der Waals surface area (Å²) in [5, 5.41) is 14.1. The van der Waals surface area contributed by atoms with Crippen molar-refractivity contribution in [2.45, 2.75) is 39.2 Å². The van der Waals surface area contributed by atoms with E-state index < -0.39 is 15.7 Å². The molecule has 1 unspecified atom stereocenters. The van der Waals surface area contributed by atoms with Crippen LogP contribution in [0.4, 0.5) is 11.5 Å². The number of hydrogen-bond donors (Lipinski definition) is 2. The van der Waals surface area contributed by atoms with Gasteiger partial charge in [0, 0.05) is 11.7 Å². The lowest BCUT2D eigenvalue weighted by molar-refractivity contribution is 0.0935. The van der Waals surface area contributed by atoms with Gasteiger partial charge in [-0.25, -0.2) is 8.42 Å². The Morgan fingerprint density at radius 2 is 1.81 bits per heavy atom. The predicted octanol–water partition coefficient (Wildman–Crippen LogP) is 2.26. The highest BCUT2D eigenvalue weighted by Crippen LogP contribution is 2.25. The van der Waals surface area contributed by atoms with E-state index in [4.69, 9.17) is 0 Å². The first-order chi connectivity index (χ1) is 12.9. The highest BCUT2D eigenvalue weighted by molar-refractivity contribution is 7.91. The minimum Gasteiger partial charge on any atom is -0.347 e. The average Bonchev–Trinajstić information content (AvgIpc) is 3.00. The Morgan fingerprint density at radius 1 is 1.11 bits per heavy atom. The second-order valence-electron chi connectivity index (χ2n) is 6.66. The predicted molar refractivity (Wildman–Crippen MR) is 105 cm³/mol. The maximum Gasteiger partial charge on any atom is 0.272 e. The lowest BCUT2D eigenvalue weighted by Gasteiger charge is -2.15. The smallest absolute Gasteiger partial charge is 0.272 e. The van der Waals surface area contributed by atoms with Crippen molar-refractivity contribution in [1.29, 1.82) is 0 Å². The number of anilines is 2. The standard InChI is InChI=1S/C19H24N4O3S/c1-3-13-6-5-7-14(4-2)18(13)21-17-9-8-16(22-23-17)19(24)20-15-10-11-27(25,26)12-15/h5-9,15H,3-4,10-12H2,1-2H3,(H,20,24)(H,21,23). The van der Waals surface area contributed by atoms with E-state index in [2.05, 4.69) is 46.8 Å². The molecule has 1 aromatic heterocycles. The summed E-state index contributed by atoms with van der Waals surface area (Å²) in [6, 6.07) is 9.14. The first kappa shape index (κ1) is 19.3. The third-order valence-electron chi connectivity index (χ3n) is 4.72. The second-order valence-corrected chi connectivity index (χ2v) is 8.89. The number of nitrogens with one attached hydrogen (secondary N) is 2. The molecule has 7 nitrogen and oxygen atoms in total. The van der Waals surface area contributed by atoms with Crippen molar-refractivity contribution in [3.63, 3.8) is 0 Å². The van der Waals surface area contributed by atoms with E-state index in [1.807, 2.05) is 6.07 Å². The van der Waals surface area contributed by atoms with Crippen molar-refractivity contribution in [3.8, 4) is 0 Å². The first-order valence-corrected chi connectivity index (χ1v) is 11.0. The van der Waals surface area contributed by atoms with Crippen LogP contribution in [0, 0.1) is 0 Å². The van der Waals surface area contributed by atoms with Gasteiger partial charge in [-0.1, -0.05) is 32.0 Å². The zero-order valence-electron chi connectivity index (χ0n) is 15.5. The maximum atomic E-state index is 12.3. The van der Waals surface area contributed by atoms with Crippen LogP contribution in [-0.4, -0.2) is 42.1 Å². The van der Waals surface area contributed by atoms with Gasteiger partial charge in [0.25, 0.3) is 5.91 Å². The molecule has 1 aliphatic heterocycles. The minimum absolute atomic E-state index is 0.0145. The van der Waals surface area contributed by atoms with E-state index in [0.717, 1.165) is 18.5 Å². The number of para-hydroxylation sites is 1. The van der Waals surface area contributed by atoms with Crippen LogP contribution in [-0.2, 0) is 22.7 Å². The molecule has 0 aliphatic carbocycles. The van der Waals surface area contributed by atoms with Gasteiger partial charge in [-0.2, -0.15) is 0 Å². The second kappa shape index (κ2) is 8.04. The van der Waals surface area contributed by atoms with Gasteiger partial charge in [0.2, 0.25) is 0 Å². The molecule has 1 amide bonds. The first-order valence-electron chi connectivity index (χ1n) is 9.14. The number of benzene rings is 1. The van der Waals surface area contributed by atoms with E-state index in [1.165, 1.54) is 11.1 Å². The fraction of sp³-hybridized carbons (Fsp3) is 0.421. The fourth-order valence-electron chi connectivity index (χ4n) is 3.22. The molecule has 2 N–H and O–H groups in total. The third kappa shape index (κ3) is 4.63. The topological polar surface area (TPSA) is 101 Å². The highest BCUT2D eigenvalue weighted by Gasteiger charge is 2.29. The lowest BCUT2D eigenvalue weighted by atomic mass is 10.0. The Kier molecular flexibility index (Phi) is 5.74. The number of nitrogens with zero attached hydrogens (tertiary/aromatic N) is 2. The van der Waals surface area contributed by atoms with Gasteiger partial charge in [0.1, 0.15) is 0 Å². The van der Waals surface area contributed by atoms with Gasteiger partial charge in [0.15, 0.2) is 21.3 Å². The summed E-state index contributed by atoms with van der Waals surface area (Å²) >= 11 is 0. The van der Waals surface area contributed by atoms with Crippen LogP contribution >= 0.6 is 0 Å². The SMILES string of the molecule is CCc1cccc(CC)c1Nc1ccc(C(=O)NC2CCS(=O)(=O)C2)nn1. The van der Waals surface area contributed by atoms with Crippen LogP contribution in [0.2, 0.25) is 0 Å². The quantitative estimate of drug-likeness (QED) is 0.787. The number of aryl methyl sites for hydroxylation is 2. The Morgan fingerprint density at radius 3 is 2.33 bits per heavy atom. The number of rotatable bonds is 6. The van der Waals surface area contributed by atoms with Crippen LogP contribution in [0.1, 0.15) is 41.9 Å². The van der Waals surface area contributed by atoms with Crippen LogP contribution < -0.4 is 10.6 Å². The zero-order chi connectivity index (χ0) is 19.4. The summed E-state index contributed by atoms with van der Waals surface area (Å²) < 4.78 is 23.0. The molecule has 1 saturated heterocycles. The van der Waals surface area contributed by atoms with E-state index in [-0.39, 0.29) is 23.2 Å². The fourth-order valence-corrected chi connectivity index (χ4v) is 4.89. The van der Waals surface area contributed by atoms with Crippen LogP contribution in [0.15, 0.2) is 30.3 Å². The van der Waals surface area contributed by atoms with Crippen LogP contribution in [0.25, 0.3) is 0 Å². The summed E-state index contributed by atoms with van der Waals surface area (Å²) in [6.07, 6.45) is 2.23. The van der Waals surface area contributed by atoms with Gasteiger partial charge in [-0.05, 0) is 42.5 Å². The summed E-state index contributed by atoms with van der Waals surface area (Å²) in [5.74, 6) is 0.257. The van der Waals surface area contributed by atoms with Crippen molar-refractivity contribution in [2.75, 3.05) is 16.8 Å². The van der Waals surface area contributed by atoms with Crippen molar-refractivity contribution >= 4 is 27.2 Å². The van der Waals surface area contributed by atoms with Gasteiger partial charge >= 0.3 is 0 Å². The third-order valence-corrected chi connectivity index (χ3v) is 6.48. The number of amides is 1. The molecule has 1 aliphatic rings. The Bertz CT molecular complexity index is 904. The van der Waals surface area contributed by atoms with E-state index in [1.54, 1.807) is 12.1 Å². The van der Waals surface area contributed by atoms with Gasteiger partial charge in [-0.15, -0.1) is 10.2 Å². The maximum absolute atomic E-state index is 12.3. The van der Waals surface area contributed by atoms with Gasteiger partial charge < -0.3 is 10.6 Å². The summed E-state index contributed by atoms with van der Waals surface area (Å²) in [6.45, 7) is 4.20. The molecule has 1 aromatic carbocycles. The van der Waals surface area contributed by atoms with Crippen molar-refractivity contribution < 1.29 is 13.2 Å².